The lowest BCUT2D eigenvalue weighted by Gasteiger charge is -2.26. The molecule has 0 aromatic rings. The zero-order valence-corrected chi connectivity index (χ0v) is 7.92. The first-order chi connectivity index (χ1) is 6.11. The first-order valence-electron chi connectivity index (χ1n) is 4.13. The predicted molar refractivity (Wildman–Crippen MR) is 48.8 cm³/mol. The van der Waals surface area contributed by atoms with Gasteiger partial charge in [0.1, 0.15) is 0 Å². The zero-order valence-electron chi connectivity index (χ0n) is 7.10. The SMILES string of the molecule is O=C(O)C[C@H]1CCSC[C@H]1C(=O)O. The van der Waals surface area contributed by atoms with Crippen LogP contribution < -0.4 is 0 Å². The van der Waals surface area contributed by atoms with Crippen LogP contribution in [0.5, 0.6) is 0 Å². The van der Waals surface area contributed by atoms with Crippen molar-refractivity contribution >= 4 is 23.7 Å². The molecule has 0 aromatic carbocycles. The van der Waals surface area contributed by atoms with Crippen LogP contribution in [-0.4, -0.2) is 33.7 Å². The molecule has 1 fully saturated rings. The number of aliphatic carboxylic acids is 2. The van der Waals surface area contributed by atoms with Gasteiger partial charge in [0.15, 0.2) is 0 Å². The highest BCUT2D eigenvalue weighted by molar-refractivity contribution is 7.99. The third kappa shape index (κ3) is 2.91. The molecule has 74 valence electrons. The maximum atomic E-state index is 10.7. The molecule has 0 amide bonds. The van der Waals surface area contributed by atoms with Crippen molar-refractivity contribution in [3.8, 4) is 0 Å². The van der Waals surface area contributed by atoms with Crippen LogP contribution in [0.25, 0.3) is 0 Å². The molecule has 1 aliphatic heterocycles. The number of rotatable bonds is 3. The molecule has 0 bridgehead atoms. The van der Waals surface area contributed by atoms with Crippen molar-refractivity contribution in [3.63, 3.8) is 0 Å². The lowest BCUT2D eigenvalue weighted by molar-refractivity contribution is -0.144. The van der Waals surface area contributed by atoms with Gasteiger partial charge in [-0.15, -0.1) is 0 Å². The predicted octanol–water partition coefficient (Wildman–Crippen LogP) is 0.915. The van der Waals surface area contributed by atoms with Crippen molar-refractivity contribution < 1.29 is 19.8 Å². The van der Waals surface area contributed by atoms with E-state index in [2.05, 4.69) is 0 Å². The molecular weight excluding hydrogens is 192 g/mol. The third-order valence-electron chi connectivity index (χ3n) is 2.25. The summed E-state index contributed by atoms with van der Waals surface area (Å²) in [5.74, 6) is -0.998. The first-order valence-corrected chi connectivity index (χ1v) is 5.29. The highest BCUT2D eigenvalue weighted by Crippen LogP contribution is 2.31. The highest BCUT2D eigenvalue weighted by atomic mass is 32.2. The van der Waals surface area contributed by atoms with Crippen LogP contribution in [0.15, 0.2) is 0 Å². The molecule has 1 saturated heterocycles. The number of hydrogen-bond acceptors (Lipinski definition) is 3. The van der Waals surface area contributed by atoms with Crippen molar-refractivity contribution in [1.82, 2.24) is 0 Å². The zero-order chi connectivity index (χ0) is 9.84. The Morgan fingerprint density at radius 2 is 2.08 bits per heavy atom. The Morgan fingerprint density at radius 1 is 1.38 bits per heavy atom. The summed E-state index contributed by atoms with van der Waals surface area (Å²) in [5, 5.41) is 17.4. The van der Waals surface area contributed by atoms with Crippen molar-refractivity contribution in [2.75, 3.05) is 11.5 Å². The molecule has 0 radical (unpaired) electrons. The van der Waals surface area contributed by atoms with Crippen molar-refractivity contribution in [2.24, 2.45) is 11.8 Å². The molecule has 5 heteroatoms. The molecule has 2 atom stereocenters. The molecular formula is C8H12O4S. The molecule has 0 saturated carbocycles. The van der Waals surface area contributed by atoms with Gasteiger partial charge in [-0.1, -0.05) is 0 Å². The van der Waals surface area contributed by atoms with E-state index in [4.69, 9.17) is 10.2 Å². The van der Waals surface area contributed by atoms with Gasteiger partial charge in [-0.3, -0.25) is 9.59 Å². The van der Waals surface area contributed by atoms with Gasteiger partial charge in [-0.2, -0.15) is 11.8 Å². The lowest BCUT2D eigenvalue weighted by atomic mass is 9.88. The summed E-state index contributed by atoms with van der Waals surface area (Å²) in [5.41, 5.74) is 0. The number of carbonyl (C=O) groups is 2. The standard InChI is InChI=1S/C8H12O4S/c9-7(10)3-5-1-2-13-4-6(5)8(11)12/h5-6H,1-4H2,(H,9,10)(H,11,12)/t5-,6-/m1/s1. The smallest absolute Gasteiger partial charge is 0.307 e. The van der Waals surface area contributed by atoms with Crippen LogP contribution >= 0.6 is 11.8 Å². The van der Waals surface area contributed by atoms with Gasteiger partial charge in [0.05, 0.1) is 5.92 Å². The monoisotopic (exact) mass is 204 g/mol. The number of thioether (sulfide) groups is 1. The molecule has 0 unspecified atom stereocenters. The fourth-order valence-corrected chi connectivity index (χ4v) is 2.83. The average Bonchev–Trinajstić information content (AvgIpc) is 2.03. The number of carboxylic acid groups (broad SMARTS) is 2. The van der Waals surface area contributed by atoms with Crippen LogP contribution in [0.4, 0.5) is 0 Å². The lowest BCUT2D eigenvalue weighted by Crippen LogP contribution is -2.31. The van der Waals surface area contributed by atoms with Crippen LogP contribution in [0.2, 0.25) is 0 Å². The molecule has 0 aromatic heterocycles. The second kappa shape index (κ2) is 4.50. The van der Waals surface area contributed by atoms with Gasteiger partial charge >= 0.3 is 11.9 Å². The minimum atomic E-state index is -0.900. The fraction of sp³-hybridized carbons (Fsp3) is 0.750. The quantitative estimate of drug-likeness (QED) is 0.714. The maximum Gasteiger partial charge on any atom is 0.307 e. The Balaban J connectivity index is 2.56. The molecule has 13 heavy (non-hydrogen) atoms. The summed E-state index contributed by atoms with van der Waals surface area (Å²) < 4.78 is 0. The summed E-state index contributed by atoms with van der Waals surface area (Å²) in [6, 6.07) is 0. The summed E-state index contributed by atoms with van der Waals surface area (Å²) in [6.45, 7) is 0. The molecule has 1 rings (SSSR count). The molecule has 0 aliphatic carbocycles. The Bertz CT molecular complexity index is 216. The van der Waals surface area contributed by atoms with E-state index in [-0.39, 0.29) is 12.3 Å². The van der Waals surface area contributed by atoms with E-state index in [1.165, 1.54) is 0 Å². The van der Waals surface area contributed by atoms with Crippen LogP contribution in [-0.2, 0) is 9.59 Å². The van der Waals surface area contributed by atoms with E-state index >= 15 is 0 Å². The Labute approximate surface area is 80.3 Å². The molecule has 1 aliphatic rings. The van der Waals surface area contributed by atoms with E-state index in [1.54, 1.807) is 11.8 Å². The van der Waals surface area contributed by atoms with E-state index in [0.29, 0.717) is 12.2 Å². The van der Waals surface area contributed by atoms with Gasteiger partial charge in [-0.25, -0.2) is 0 Å². The Morgan fingerprint density at radius 3 is 2.62 bits per heavy atom. The van der Waals surface area contributed by atoms with Gasteiger partial charge in [0, 0.05) is 12.2 Å². The van der Waals surface area contributed by atoms with E-state index in [0.717, 1.165) is 5.75 Å². The highest BCUT2D eigenvalue weighted by Gasteiger charge is 2.32. The van der Waals surface area contributed by atoms with Crippen LogP contribution in [0.1, 0.15) is 12.8 Å². The summed E-state index contributed by atoms with van der Waals surface area (Å²) in [4.78, 5) is 21.2. The Kier molecular flexibility index (Phi) is 3.59. The van der Waals surface area contributed by atoms with Gasteiger partial charge in [0.25, 0.3) is 0 Å². The molecule has 0 spiro atoms. The third-order valence-corrected chi connectivity index (χ3v) is 3.37. The maximum absolute atomic E-state index is 10.7. The van der Waals surface area contributed by atoms with E-state index in [1.807, 2.05) is 0 Å². The second-order valence-electron chi connectivity index (χ2n) is 3.17. The van der Waals surface area contributed by atoms with Gasteiger partial charge in [-0.05, 0) is 18.1 Å². The molecule has 1 heterocycles. The van der Waals surface area contributed by atoms with Crippen molar-refractivity contribution in [1.29, 1.82) is 0 Å². The molecule has 2 N–H and O–H groups in total. The fourth-order valence-electron chi connectivity index (χ4n) is 1.52. The number of carboxylic acids is 2. The van der Waals surface area contributed by atoms with E-state index in [9.17, 15) is 9.59 Å². The van der Waals surface area contributed by atoms with Crippen LogP contribution in [0.3, 0.4) is 0 Å². The van der Waals surface area contributed by atoms with Gasteiger partial charge in [0.2, 0.25) is 0 Å². The minimum Gasteiger partial charge on any atom is -0.481 e. The average molecular weight is 204 g/mol. The van der Waals surface area contributed by atoms with E-state index < -0.39 is 17.9 Å². The Hall–Kier alpha value is -0.710. The molecule has 4 nitrogen and oxygen atoms in total. The minimum absolute atomic E-state index is 0.0163. The normalized spacial score (nSPS) is 28.3. The second-order valence-corrected chi connectivity index (χ2v) is 4.32. The van der Waals surface area contributed by atoms with Crippen molar-refractivity contribution in [3.05, 3.63) is 0 Å². The number of hydrogen-bond donors (Lipinski definition) is 2. The summed E-state index contributed by atoms with van der Waals surface area (Å²) in [7, 11) is 0. The topological polar surface area (TPSA) is 74.6 Å². The largest absolute Gasteiger partial charge is 0.481 e. The van der Waals surface area contributed by atoms with Gasteiger partial charge < -0.3 is 10.2 Å². The summed E-state index contributed by atoms with van der Waals surface area (Å²) >= 11 is 1.59. The summed E-state index contributed by atoms with van der Waals surface area (Å²) in [6.07, 6.45) is 0.686. The first kappa shape index (κ1) is 10.4. The van der Waals surface area contributed by atoms with Crippen molar-refractivity contribution in [2.45, 2.75) is 12.8 Å². The van der Waals surface area contributed by atoms with Crippen LogP contribution in [0, 0.1) is 11.8 Å².